The number of H-pyrrole nitrogens is 1. The number of nitrogens with two attached hydrogens (primary N) is 1. The molecule has 0 aliphatic carbocycles. The number of benzene rings is 1. The Morgan fingerprint density at radius 2 is 2.15 bits per heavy atom. The Hall–Kier alpha value is -3.73. The first kappa shape index (κ1) is 18.1. The summed E-state index contributed by atoms with van der Waals surface area (Å²) in [5, 5.41) is 15.5. The minimum absolute atomic E-state index is 0.00350. The standard InChI is InChI=1S/C16H13N5O5S/c17-15(23)10-5-9(6-18-10)11-8-27-16(19-11)20-14(22)7-26-13-4-2-1-3-12(13)21(24)25/h1-6,8,18H,7H2,(H2,17,23)(H,19,20,22). The lowest BCUT2D eigenvalue weighted by molar-refractivity contribution is -0.385. The number of rotatable bonds is 7. The first-order chi connectivity index (χ1) is 12.9. The van der Waals surface area contributed by atoms with Crippen molar-refractivity contribution in [3.05, 3.63) is 57.7 Å². The van der Waals surface area contributed by atoms with Gasteiger partial charge in [-0.15, -0.1) is 11.3 Å². The number of aromatic nitrogens is 2. The average Bonchev–Trinajstić information content (AvgIpc) is 3.29. The van der Waals surface area contributed by atoms with Gasteiger partial charge < -0.3 is 15.5 Å². The lowest BCUT2D eigenvalue weighted by Gasteiger charge is -2.06. The van der Waals surface area contributed by atoms with Crippen LogP contribution in [0.1, 0.15) is 10.5 Å². The largest absolute Gasteiger partial charge is 0.477 e. The first-order valence-electron chi connectivity index (χ1n) is 7.54. The molecule has 3 rings (SSSR count). The fraction of sp³-hybridized carbons (Fsp3) is 0.0625. The highest BCUT2D eigenvalue weighted by Gasteiger charge is 2.16. The number of anilines is 1. The molecule has 0 saturated heterocycles. The number of aromatic amines is 1. The number of primary amides is 1. The Morgan fingerprint density at radius 1 is 1.37 bits per heavy atom. The van der Waals surface area contributed by atoms with Crippen LogP contribution in [0.4, 0.5) is 10.8 Å². The van der Waals surface area contributed by atoms with Crippen molar-refractivity contribution in [2.24, 2.45) is 5.73 Å². The monoisotopic (exact) mass is 387 g/mol. The van der Waals surface area contributed by atoms with Crippen molar-refractivity contribution in [3.8, 4) is 17.0 Å². The molecule has 0 bridgehead atoms. The maximum absolute atomic E-state index is 12.0. The van der Waals surface area contributed by atoms with E-state index in [0.29, 0.717) is 16.4 Å². The Bertz CT molecular complexity index is 1010. The summed E-state index contributed by atoms with van der Waals surface area (Å²) in [7, 11) is 0. The normalized spacial score (nSPS) is 10.4. The van der Waals surface area contributed by atoms with Crippen molar-refractivity contribution >= 4 is 34.0 Å². The van der Waals surface area contributed by atoms with Crippen LogP contribution in [0.15, 0.2) is 41.9 Å². The molecule has 2 aromatic heterocycles. The van der Waals surface area contributed by atoms with E-state index in [2.05, 4.69) is 15.3 Å². The minimum atomic E-state index is -0.586. The van der Waals surface area contributed by atoms with E-state index in [1.165, 1.54) is 29.5 Å². The molecule has 3 aromatic rings. The van der Waals surface area contributed by atoms with Crippen LogP contribution >= 0.6 is 11.3 Å². The van der Waals surface area contributed by atoms with Crippen molar-refractivity contribution in [2.75, 3.05) is 11.9 Å². The highest BCUT2D eigenvalue weighted by Crippen LogP contribution is 2.27. The summed E-state index contributed by atoms with van der Waals surface area (Å²) in [6, 6.07) is 7.34. The molecule has 1 aromatic carbocycles. The second-order valence-electron chi connectivity index (χ2n) is 5.27. The van der Waals surface area contributed by atoms with Gasteiger partial charge in [0.2, 0.25) is 0 Å². The van der Waals surface area contributed by atoms with E-state index in [-0.39, 0.29) is 17.1 Å². The van der Waals surface area contributed by atoms with Crippen molar-refractivity contribution in [3.63, 3.8) is 0 Å². The summed E-state index contributed by atoms with van der Waals surface area (Å²) in [5.74, 6) is -1.10. The van der Waals surface area contributed by atoms with E-state index < -0.39 is 23.3 Å². The van der Waals surface area contributed by atoms with Gasteiger partial charge in [0.25, 0.3) is 11.8 Å². The maximum atomic E-state index is 12.0. The number of ether oxygens (including phenoxy) is 1. The third-order valence-corrected chi connectivity index (χ3v) is 4.17. The molecule has 0 aliphatic rings. The van der Waals surface area contributed by atoms with Crippen molar-refractivity contribution < 1.29 is 19.2 Å². The zero-order chi connectivity index (χ0) is 19.4. The van der Waals surface area contributed by atoms with Gasteiger partial charge in [-0.25, -0.2) is 4.98 Å². The molecule has 0 atom stereocenters. The van der Waals surface area contributed by atoms with Crippen molar-refractivity contribution in [1.82, 2.24) is 9.97 Å². The predicted octanol–water partition coefficient (Wildman–Crippen LogP) is 2.16. The van der Waals surface area contributed by atoms with Gasteiger partial charge in [0.15, 0.2) is 17.5 Å². The Kier molecular flexibility index (Phi) is 5.13. The SMILES string of the molecule is NC(=O)c1cc(-c2csc(NC(=O)COc3ccccc3[N+](=O)[O-])n2)c[nH]1. The summed E-state index contributed by atoms with van der Waals surface area (Å²) >= 11 is 1.18. The number of amides is 2. The summed E-state index contributed by atoms with van der Waals surface area (Å²) in [5.41, 5.74) is 6.42. The number of nitro benzene ring substituents is 1. The maximum Gasteiger partial charge on any atom is 0.310 e. The highest BCUT2D eigenvalue weighted by molar-refractivity contribution is 7.14. The van der Waals surface area contributed by atoms with E-state index >= 15 is 0 Å². The van der Waals surface area contributed by atoms with Crippen LogP contribution in [-0.2, 0) is 4.79 Å². The lowest BCUT2D eigenvalue weighted by atomic mass is 10.2. The van der Waals surface area contributed by atoms with E-state index in [4.69, 9.17) is 10.5 Å². The van der Waals surface area contributed by atoms with Crippen LogP contribution in [0, 0.1) is 10.1 Å². The fourth-order valence-electron chi connectivity index (χ4n) is 2.18. The van der Waals surface area contributed by atoms with Gasteiger partial charge in [-0.05, 0) is 12.1 Å². The zero-order valence-corrected chi connectivity index (χ0v) is 14.5. The molecule has 0 fully saturated rings. The van der Waals surface area contributed by atoms with Crippen LogP contribution in [0.25, 0.3) is 11.3 Å². The van der Waals surface area contributed by atoms with Crippen LogP contribution in [0.5, 0.6) is 5.75 Å². The quantitative estimate of drug-likeness (QED) is 0.417. The third-order valence-electron chi connectivity index (χ3n) is 3.42. The molecule has 0 saturated carbocycles. The number of hydrogen-bond donors (Lipinski definition) is 3. The molecule has 0 spiro atoms. The van der Waals surface area contributed by atoms with Crippen LogP contribution in [0.2, 0.25) is 0 Å². The van der Waals surface area contributed by atoms with Gasteiger partial charge in [0, 0.05) is 23.2 Å². The Balaban J connectivity index is 1.61. The van der Waals surface area contributed by atoms with Gasteiger partial charge >= 0.3 is 5.69 Å². The molecule has 0 unspecified atom stereocenters. The summed E-state index contributed by atoms with van der Waals surface area (Å²) < 4.78 is 5.22. The molecular formula is C16H13N5O5S. The average molecular weight is 387 g/mol. The fourth-order valence-corrected chi connectivity index (χ4v) is 2.91. The van der Waals surface area contributed by atoms with E-state index in [1.54, 1.807) is 23.7 Å². The molecule has 2 amide bonds. The smallest absolute Gasteiger partial charge is 0.310 e. The first-order valence-corrected chi connectivity index (χ1v) is 8.42. The van der Waals surface area contributed by atoms with Gasteiger partial charge in [-0.3, -0.25) is 25.0 Å². The number of nitro groups is 1. The molecule has 27 heavy (non-hydrogen) atoms. The van der Waals surface area contributed by atoms with Crippen molar-refractivity contribution in [2.45, 2.75) is 0 Å². The van der Waals surface area contributed by atoms with E-state index in [9.17, 15) is 19.7 Å². The Labute approximate surface area is 156 Å². The second-order valence-corrected chi connectivity index (χ2v) is 6.12. The van der Waals surface area contributed by atoms with Crippen molar-refractivity contribution in [1.29, 1.82) is 0 Å². The number of nitrogens with one attached hydrogen (secondary N) is 2. The second kappa shape index (κ2) is 7.66. The molecule has 0 aliphatic heterocycles. The van der Waals surface area contributed by atoms with Crippen LogP contribution in [0.3, 0.4) is 0 Å². The number of carbonyl (C=O) groups excluding carboxylic acids is 2. The Morgan fingerprint density at radius 3 is 2.85 bits per heavy atom. The van der Waals surface area contributed by atoms with Gasteiger partial charge in [-0.1, -0.05) is 12.1 Å². The van der Waals surface area contributed by atoms with E-state index in [0.717, 1.165) is 0 Å². The number of para-hydroxylation sites is 2. The van der Waals surface area contributed by atoms with Crippen LogP contribution in [-0.4, -0.2) is 33.3 Å². The molecule has 138 valence electrons. The van der Waals surface area contributed by atoms with Gasteiger partial charge in [0.1, 0.15) is 5.69 Å². The van der Waals surface area contributed by atoms with E-state index in [1.807, 2.05) is 0 Å². The highest BCUT2D eigenvalue weighted by atomic mass is 32.1. The summed E-state index contributed by atoms with van der Waals surface area (Å²) in [6.45, 7) is -0.407. The predicted molar refractivity (Wildman–Crippen MR) is 97.6 cm³/mol. The number of hydrogen-bond acceptors (Lipinski definition) is 7. The number of thiazole rings is 1. The van der Waals surface area contributed by atoms with Gasteiger partial charge in [-0.2, -0.15) is 0 Å². The lowest BCUT2D eigenvalue weighted by Crippen LogP contribution is -2.20. The molecule has 0 radical (unpaired) electrons. The summed E-state index contributed by atoms with van der Waals surface area (Å²) in [4.78, 5) is 40.4. The number of nitrogens with zero attached hydrogens (tertiary/aromatic N) is 2. The topological polar surface area (TPSA) is 153 Å². The van der Waals surface area contributed by atoms with Gasteiger partial charge in [0.05, 0.1) is 10.6 Å². The molecule has 11 heteroatoms. The zero-order valence-electron chi connectivity index (χ0n) is 13.7. The number of carbonyl (C=O) groups is 2. The molecule has 10 nitrogen and oxygen atoms in total. The minimum Gasteiger partial charge on any atom is -0.477 e. The summed E-state index contributed by atoms with van der Waals surface area (Å²) in [6.07, 6.45) is 1.58. The molecule has 4 N–H and O–H groups in total. The molecule has 2 heterocycles. The molecular weight excluding hydrogens is 374 g/mol. The van der Waals surface area contributed by atoms with Crippen LogP contribution < -0.4 is 15.8 Å². The third kappa shape index (κ3) is 4.27.